The van der Waals surface area contributed by atoms with Crippen LogP contribution >= 0.6 is 27.7 Å². The minimum absolute atomic E-state index is 0.314. The molecule has 11 heavy (non-hydrogen) atoms. The highest BCUT2D eigenvalue weighted by Gasteiger charge is 2.09. The van der Waals surface area contributed by atoms with Gasteiger partial charge in [0.1, 0.15) is 4.91 Å². The Bertz CT molecular complexity index is 203. The van der Waals surface area contributed by atoms with Crippen LogP contribution in [0, 0.1) is 0 Å². The van der Waals surface area contributed by atoms with Crippen LogP contribution in [0.3, 0.4) is 0 Å². The maximum Gasteiger partial charge on any atom is 0.346 e. The number of thioether (sulfide) groups is 1. The van der Waals surface area contributed by atoms with Crippen molar-refractivity contribution in [2.75, 3.05) is 7.11 Å². The summed E-state index contributed by atoms with van der Waals surface area (Å²) in [4.78, 5) is 11.1. The molecule has 0 aliphatic heterocycles. The van der Waals surface area contributed by atoms with Crippen LogP contribution < -0.4 is 5.73 Å². The molecule has 5 heteroatoms. The summed E-state index contributed by atoms with van der Waals surface area (Å²) in [6.45, 7) is 3.54. The van der Waals surface area contributed by atoms with E-state index in [4.69, 9.17) is 5.73 Å². The second-order valence-electron chi connectivity index (χ2n) is 1.48. The Morgan fingerprint density at radius 3 is 2.64 bits per heavy atom. The number of nitrogens with two attached hydrogens (primary N) is 1. The highest BCUT2D eigenvalue weighted by Crippen LogP contribution is 2.28. The largest absolute Gasteiger partial charge is 0.465 e. The van der Waals surface area contributed by atoms with E-state index in [1.807, 2.05) is 0 Å². The van der Waals surface area contributed by atoms with Crippen LogP contribution in [0.15, 0.2) is 21.5 Å². The summed E-state index contributed by atoms with van der Waals surface area (Å²) in [7, 11) is 1.30. The maximum atomic E-state index is 10.8. The predicted molar refractivity (Wildman–Crippen MR) is 49.9 cm³/mol. The Hall–Kier alpha value is -0.420. The molecule has 0 amide bonds. The average Bonchev–Trinajstić information content (AvgIpc) is 1.98. The van der Waals surface area contributed by atoms with E-state index < -0.39 is 5.97 Å². The summed E-state index contributed by atoms with van der Waals surface area (Å²) in [5.74, 6) is -0.460. The van der Waals surface area contributed by atoms with Crippen LogP contribution in [0.2, 0.25) is 0 Å². The minimum Gasteiger partial charge on any atom is -0.465 e. The van der Waals surface area contributed by atoms with E-state index in [2.05, 4.69) is 27.2 Å². The van der Waals surface area contributed by atoms with E-state index in [9.17, 15) is 4.79 Å². The monoisotopic (exact) mass is 237 g/mol. The van der Waals surface area contributed by atoms with E-state index in [-0.39, 0.29) is 0 Å². The molecule has 0 aliphatic carbocycles. The lowest BCUT2D eigenvalue weighted by atomic mass is 10.6. The molecule has 0 rings (SSSR count). The van der Waals surface area contributed by atoms with Gasteiger partial charge in [0.2, 0.25) is 0 Å². The molecule has 0 aromatic heterocycles. The maximum absolute atomic E-state index is 10.8. The summed E-state index contributed by atoms with van der Waals surface area (Å²) in [5, 5.41) is 0. The van der Waals surface area contributed by atoms with Crippen molar-refractivity contribution in [1.82, 2.24) is 0 Å². The third kappa shape index (κ3) is 4.10. The molecule has 0 unspecified atom stereocenters. The molecule has 0 saturated heterocycles. The van der Waals surface area contributed by atoms with Crippen LogP contribution in [0.25, 0.3) is 0 Å². The molecule has 0 fully saturated rings. The molecular weight excluding hydrogens is 230 g/mol. The molecule has 0 aliphatic rings. The fraction of sp³-hybridized carbons (Fsp3) is 0.167. The molecule has 0 saturated carbocycles. The van der Waals surface area contributed by atoms with Gasteiger partial charge in [0.25, 0.3) is 0 Å². The number of esters is 1. The second-order valence-corrected chi connectivity index (χ2v) is 4.10. The Kier molecular flexibility index (Phi) is 5.06. The van der Waals surface area contributed by atoms with Crippen molar-refractivity contribution in [2.24, 2.45) is 5.73 Å². The third-order valence-electron chi connectivity index (χ3n) is 0.759. The normalized spacial score (nSPS) is 10.9. The van der Waals surface area contributed by atoms with Crippen LogP contribution in [0.5, 0.6) is 0 Å². The molecule has 0 heterocycles. The fourth-order valence-corrected chi connectivity index (χ4v) is 1.36. The zero-order chi connectivity index (χ0) is 8.85. The molecule has 62 valence electrons. The summed E-state index contributed by atoms with van der Waals surface area (Å²) in [5.41, 5.74) is 5.15. The van der Waals surface area contributed by atoms with Gasteiger partial charge >= 0.3 is 5.97 Å². The quantitative estimate of drug-likeness (QED) is 0.598. The number of ether oxygens (including phenoxy) is 1. The van der Waals surface area contributed by atoms with Crippen molar-refractivity contribution in [2.45, 2.75) is 0 Å². The first-order chi connectivity index (χ1) is 5.11. The summed E-state index contributed by atoms with van der Waals surface area (Å²) >= 11 is 4.19. The van der Waals surface area contributed by atoms with Crippen LogP contribution in [0.4, 0.5) is 0 Å². The van der Waals surface area contributed by atoms with Gasteiger partial charge in [-0.25, -0.2) is 4.79 Å². The van der Waals surface area contributed by atoms with Crippen molar-refractivity contribution < 1.29 is 9.53 Å². The van der Waals surface area contributed by atoms with Crippen LogP contribution in [-0.4, -0.2) is 13.1 Å². The number of carbonyl (C=O) groups excluding carboxylic acids is 1. The topological polar surface area (TPSA) is 52.3 Å². The fourth-order valence-electron chi connectivity index (χ4n) is 0.364. The number of carbonyl (C=O) groups is 1. The Morgan fingerprint density at radius 1 is 1.82 bits per heavy atom. The predicted octanol–water partition coefficient (Wildman–Crippen LogP) is 1.56. The Balaban J connectivity index is 4.20. The van der Waals surface area contributed by atoms with E-state index in [1.165, 1.54) is 13.3 Å². The van der Waals surface area contributed by atoms with Crippen LogP contribution in [0.1, 0.15) is 0 Å². The van der Waals surface area contributed by atoms with Gasteiger partial charge in [0.15, 0.2) is 0 Å². The molecule has 0 radical (unpaired) electrons. The van der Waals surface area contributed by atoms with Crippen molar-refractivity contribution in [3.63, 3.8) is 0 Å². The average molecular weight is 238 g/mol. The molecule has 0 aromatic rings. The summed E-state index contributed by atoms with van der Waals surface area (Å²) in [6.07, 6.45) is 1.18. The SMILES string of the molecule is C=C(Br)S/C(=C\N)C(=O)OC. The number of halogens is 1. The highest BCUT2D eigenvalue weighted by molar-refractivity contribution is 9.14. The van der Waals surface area contributed by atoms with Gasteiger partial charge in [-0.15, -0.1) is 0 Å². The third-order valence-corrected chi connectivity index (χ3v) is 1.99. The van der Waals surface area contributed by atoms with Crippen LogP contribution in [-0.2, 0) is 9.53 Å². The van der Waals surface area contributed by atoms with E-state index in [0.717, 1.165) is 11.8 Å². The Morgan fingerprint density at radius 2 is 2.36 bits per heavy atom. The van der Waals surface area contributed by atoms with Gasteiger partial charge in [0, 0.05) is 10.0 Å². The number of methoxy groups -OCH3 is 1. The van der Waals surface area contributed by atoms with Gasteiger partial charge in [-0.2, -0.15) is 0 Å². The molecule has 3 nitrogen and oxygen atoms in total. The van der Waals surface area contributed by atoms with Gasteiger partial charge < -0.3 is 10.5 Å². The lowest BCUT2D eigenvalue weighted by Gasteiger charge is -2.00. The Labute approximate surface area is 77.8 Å². The standard InChI is InChI=1S/C6H8BrNO2S/c1-4(7)11-5(3-8)6(9)10-2/h3H,1,8H2,2H3/b5-3-. The van der Waals surface area contributed by atoms with Gasteiger partial charge in [0.05, 0.1) is 7.11 Å². The van der Waals surface area contributed by atoms with Gasteiger partial charge in [-0.3, -0.25) is 0 Å². The van der Waals surface area contributed by atoms with E-state index in [0.29, 0.717) is 8.72 Å². The molecule has 0 bridgehead atoms. The molecule has 0 atom stereocenters. The molecule has 0 aromatic carbocycles. The second kappa shape index (κ2) is 5.26. The summed E-state index contributed by atoms with van der Waals surface area (Å²) < 4.78 is 5.04. The smallest absolute Gasteiger partial charge is 0.346 e. The van der Waals surface area contributed by atoms with Crippen molar-refractivity contribution >= 4 is 33.7 Å². The van der Waals surface area contributed by atoms with Crippen molar-refractivity contribution in [1.29, 1.82) is 0 Å². The lowest BCUT2D eigenvalue weighted by molar-refractivity contribution is -0.135. The van der Waals surface area contributed by atoms with Gasteiger partial charge in [-0.05, 0) is 15.9 Å². The zero-order valence-corrected chi connectivity index (χ0v) is 8.37. The first kappa shape index (κ1) is 10.6. The molecule has 0 spiro atoms. The minimum atomic E-state index is -0.460. The van der Waals surface area contributed by atoms with Gasteiger partial charge in [-0.1, -0.05) is 18.3 Å². The zero-order valence-electron chi connectivity index (χ0n) is 5.96. The lowest BCUT2D eigenvalue weighted by Crippen LogP contribution is -2.03. The number of hydrogen-bond donors (Lipinski definition) is 1. The highest BCUT2D eigenvalue weighted by atomic mass is 79.9. The summed E-state index contributed by atoms with van der Waals surface area (Å²) in [6, 6.07) is 0. The molecule has 2 N–H and O–H groups in total. The first-order valence-corrected chi connectivity index (χ1v) is 4.25. The number of rotatable bonds is 3. The number of hydrogen-bond acceptors (Lipinski definition) is 4. The van der Waals surface area contributed by atoms with Crippen molar-refractivity contribution in [3.05, 3.63) is 21.5 Å². The van der Waals surface area contributed by atoms with E-state index >= 15 is 0 Å². The van der Waals surface area contributed by atoms with E-state index in [1.54, 1.807) is 0 Å². The first-order valence-electron chi connectivity index (χ1n) is 2.64. The van der Waals surface area contributed by atoms with Crippen molar-refractivity contribution in [3.8, 4) is 0 Å². The molecular formula is C6H8BrNO2S.